The van der Waals surface area contributed by atoms with E-state index in [4.69, 9.17) is 9.40 Å². The molecule has 0 N–H and O–H groups in total. The molecule has 0 aliphatic heterocycles. The highest BCUT2D eigenvalue weighted by Crippen LogP contribution is 2.48. The van der Waals surface area contributed by atoms with Gasteiger partial charge in [-0.1, -0.05) is 66.7 Å². The molecule has 134 valence electrons. The number of hydrogen-bond acceptors (Lipinski definition) is 2. The van der Waals surface area contributed by atoms with E-state index in [0.717, 1.165) is 38.7 Å². The van der Waals surface area contributed by atoms with Crippen LogP contribution >= 0.6 is 0 Å². The highest BCUT2D eigenvalue weighted by molar-refractivity contribution is 6.16. The van der Waals surface area contributed by atoms with Crippen molar-refractivity contribution >= 4 is 32.8 Å². The van der Waals surface area contributed by atoms with Crippen molar-refractivity contribution in [3.63, 3.8) is 0 Å². The molecule has 1 aliphatic rings. The first kappa shape index (κ1) is 15.1. The Morgan fingerprint density at radius 1 is 0.552 bits per heavy atom. The van der Waals surface area contributed by atoms with Crippen molar-refractivity contribution < 1.29 is 4.42 Å². The molecule has 29 heavy (non-hydrogen) atoms. The third-order valence-corrected chi connectivity index (χ3v) is 6.02. The molecule has 0 saturated carbocycles. The summed E-state index contributed by atoms with van der Waals surface area (Å²) in [5.41, 5.74) is 9.91. The van der Waals surface area contributed by atoms with Gasteiger partial charge in [0.15, 0.2) is 0 Å². The predicted molar refractivity (Wildman–Crippen MR) is 119 cm³/mol. The lowest BCUT2D eigenvalue weighted by Crippen LogP contribution is -1.88. The fourth-order valence-electron chi connectivity index (χ4n) is 4.76. The van der Waals surface area contributed by atoms with Gasteiger partial charge in [-0.25, -0.2) is 4.98 Å². The van der Waals surface area contributed by atoms with Crippen LogP contribution in [0.2, 0.25) is 0 Å². The summed E-state index contributed by atoms with van der Waals surface area (Å²) in [6, 6.07) is 31.8. The summed E-state index contributed by atoms with van der Waals surface area (Å²) in [7, 11) is 0. The second-order valence-corrected chi connectivity index (χ2v) is 7.58. The molecular formula is C27H15NO. The number of hydrogen-bond donors (Lipinski definition) is 0. The van der Waals surface area contributed by atoms with Crippen LogP contribution in [-0.4, -0.2) is 4.98 Å². The molecule has 0 amide bonds. The zero-order chi connectivity index (χ0) is 18.9. The maximum atomic E-state index is 6.27. The van der Waals surface area contributed by atoms with Gasteiger partial charge in [-0.3, -0.25) is 0 Å². The van der Waals surface area contributed by atoms with Gasteiger partial charge in [0.25, 0.3) is 0 Å². The van der Waals surface area contributed by atoms with Gasteiger partial charge in [0.1, 0.15) is 11.2 Å². The highest BCUT2D eigenvalue weighted by Gasteiger charge is 2.23. The molecule has 0 radical (unpaired) electrons. The second-order valence-electron chi connectivity index (χ2n) is 7.58. The van der Waals surface area contributed by atoms with E-state index < -0.39 is 0 Å². The third kappa shape index (κ3) is 1.93. The van der Waals surface area contributed by atoms with E-state index in [1.807, 2.05) is 12.1 Å². The van der Waals surface area contributed by atoms with E-state index in [2.05, 4.69) is 78.9 Å². The van der Waals surface area contributed by atoms with Gasteiger partial charge in [-0.2, -0.15) is 0 Å². The van der Waals surface area contributed by atoms with Crippen LogP contribution in [0.3, 0.4) is 0 Å². The molecule has 6 aromatic rings. The van der Waals surface area contributed by atoms with Crippen molar-refractivity contribution in [2.75, 3.05) is 0 Å². The number of rotatable bonds is 1. The lowest BCUT2D eigenvalue weighted by molar-refractivity contribution is 0.670. The largest absolute Gasteiger partial charge is 0.455 e. The molecule has 0 atom stereocenters. The van der Waals surface area contributed by atoms with Crippen LogP contribution in [0.1, 0.15) is 0 Å². The van der Waals surface area contributed by atoms with Crippen molar-refractivity contribution in [1.29, 1.82) is 0 Å². The molecule has 0 spiro atoms. The fourth-order valence-corrected chi connectivity index (χ4v) is 4.76. The lowest BCUT2D eigenvalue weighted by atomic mass is 10.0. The van der Waals surface area contributed by atoms with Crippen LogP contribution in [-0.2, 0) is 0 Å². The van der Waals surface area contributed by atoms with Crippen LogP contribution in [0.4, 0.5) is 0 Å². The second kappa shape index (κ2) is 5.33. The quantitative estimate of drug-likeness (QED) is 0.300. The van der Waals surface area contributed by atoms with Crippen molar-refractivity contribution in [2.45, 2.75) is 0 Å². The molecule has 7 rings (SSSR count). The number of benzene rings is 4. The van der Waals surface area contributed by atoms with Crippen LogP contribution in [0.5, 0.6) is 0 Å². The first-order valence-electron chi connectivity index (χ1n) is 9.83. The normalized spacial score (nSPS) is 12.1. The standard InChI is InChI=1S/C27H15NO/c1-2-8-17-16(7-1)19-10-6-13-23-26(19)22(17)15-24(28-23)21-12-5-11-20-18-9-3-4-14-25(18)29-27(20)21/h1-15H. The first-order valence-corrected chi connectivity index (χ1v) is 9.83. The monoisotopic (exact) mass is 369 g/mol. The minimum Gasteiger partial charge on any atom is -0.455 e. The molecule has 2 aromatic heterocycles. The van der Waals surface area contributed by atoms with Crippen molar-refractivity contribution in [3.8, 4) is 33.5 Å². The zero-order valence-electron chi connectivity index (χ0n) is 15.5. The van der Waals surface area contributed by atoms with Crippen LogP contribution in [0, 0.1) is 0 Å². The molecule has 1 aliphatic carbocycles. The number of nitrogens with zero attached hydrogens (tertiary/aromatic N) is 1. The zero-order valence-corrected chi connectivity index (χ0v) is 15.5. The number of aromatic nitrogens is 1. The van der Waals surface area contributed by atoms with Crippen LogP contribution < -0.4 is 0 Å². The molecule has 0 unspecified atom stereocenters. The molecule has 0 saturated heterocycles. The maximum Gasteiger partial charge on any atom is 0.144 e. The van der Waals surface area contributed by atoms with E-state index >= 15 is 0 Å². The van der Waals surface area contributed by atoms with Crippen molar-refractivity contribution in [3.05, 3.63) is 91.0 Å². The maximum absolute atomic E-state index is 6.27. The minimum atomic E-state index is 0.898. The Kier molecular flexibility index (Phi) is 2.77. The Morgan fingerprint density at radius 2 is 1.24 bits per heavy atom. The van der Waals surface area contributed by atoms with Gasteiger partial charge in [0.05, 0.1) is 11.2 Å². The number of pyridine rings is 1. The van der Waals surface area contributed by atoms with Gasteiger partial charge >= 0.3 is 0 Å². The summed E-state index contributed by atoms with van der Waals surface area (Å²) < 4.78 is 6.27. The van der Waals surface area contributed by atoms with Gasteiger partial charge < -0.3 is 4.42 Å². The molecule has 2 nitrogen and oxygen atoms in total. The highest BCUT2D eigenvalue weighted by atomic mass is 16.3. The molecule has 2 heterocycles. The summed E-state index contributed by atoms with van der Waals surface area (Å²) >= 11 is 0. The molecule has 2 heteroatoms. The Bertz CT molecular complexity index is 1610. The summed E-state index contributed by atoms with van der Waals surface area (Å²) in [5.74, 6) is 0. The van der Waals surface area contributed by atoms with E-state index in [0.29, 0.717) is 0 Å². The third-order valence-electron chi connectivity index (χ3n) is 6.02. The SMILES string of the molecule is c1ccc2c(c1)-c1cccc3nc(-c4cccc5c4oc4ccccc45)cc-2c13. The Balaban J connectivity index is 1.59. The van der Waals surface area contributed by atoms with Gasteiger partial charge in [0, 0.05) is 21.7 Å². The minimum absolute atomic E-state index is 0.898. The van der Waals surface area contributed by atoms with Gasteiger partial charge in [0.2, 0.25) is 0 Å². The average Bonchev–Trinajstić information content (AvgIpc) is 3.31. The Hall–Kier alpha value is -3.91. The topological polar surface area (TPSA) is 26.0 Å². The number of fused-ring (bicyclic) bond motifs is 6. The fraction of sp³-hybridized carbons (Fsp3) is 0. The smallest absolute Gasteiger partial charge is 0.144 e. The summed E-state index contributed by atoms with van der Waals surface area (Å²) in [6.45, 7) is 0. The first-order chi connectivity index (χ1) is 14.4. The summed E-state index contributed by atoms with van der Waals surface area (Å²) in [4.78, 5) is 5.05. The lowest BCUT2D eigenvalue weighted by Gasteiger charge is -2.07. The van der Waals surface area contributed by atoms with Gasteiger partial charge in [-0.15, -0.1) is 0 Å². The Labute approximate surface area is 167 Å². The molecule has 0 bridgehead atoms. The Morgan fingerprint density at radius 3 is 2.17 bits per heavy atom. The van der Waals surface area contributed by atoms with E-state index in [9.17, 15) is 0 Å². The molecule has 0 fully saturated rings. The van der Waals surface area contributed by atoms with Crippen LogP contribution in [0.15, 0.2) is 95.4 Å². The van der Waals surface area contributed by atoms with Crippen molar-refractivity contribution in [1.82, 2.24) is 4.98 Å². The van der Waals surface area contributed by atoms with E-state index in [1.165, 1.54) is 27.6 Å². The van der Waals surface area contributed by atoms with Gasteiger partial charge in [-0.05, 0) is 46.5 Å². The summed E-state index contributed by atoms with van der Waals surface area (Å²) in [6.07, 6.45) is 0. The summed E-state index contributed by atoms with van der Waals surface area (Å²) in [5, 5.41) is 3.52. The van der Waals surface area contributed by atoms with Crippen LogP contribution in [0.25, 0.3) is 66.4 Å². The van der Waals surface area contributed by atoms with Crippen molar-refractivity contribution in [2.24, 2.45) is 0 Å². The molecular weight excluding hydrogens is 354 g/mol. The number of furan rings is 1. The van der Waals surface area contributed by atoms with E-state index in [1.54, 1.807) is 0 Å². The number of para-hydroxylation sites is 2. The average molecular weight is 369 g/mol. The predicted octanol–water partition coefficient (Wildman–Crippen LogP) is 7.45. The molecule has 4 aromatic carbocycles. The van der Waals surface area contributed by atoms with E-state index in [-0.39, 0.29) is 0 Å².